The molecule has 2 heterocycles. The van der Waals surface area contributed by atoms with E-state index in [1.807, 2.05) is 0 Å². The summed E-state index contributed by atoms with van der Waals surface area (Å²) in [7, 11) is 0. The first-order valence-electron chi connectivity index (χ1n) is 7.27. The maximum atomic E-state index is 14.2. The fraction of sp³-hybridized carbons (Fsp3) is 0.235. The molecule has 0 aliphatic carbocycles. The molecular formula is C17H14FNO5. The van der Waals surface area contributed by atoms with Crippen LogP contribution in [-0.4, -0.2) is 29.9 Å². The number of carbonyl (C=O) groups is 3. The van der Waals surface area contributed by atoms with Gasteiger partial charge in [0.1, 0.15) is 18.7 Å². The van der Waals surface area contributed by atoms with Gasteiger partial charge in [0.25, 0.3) is 0 Å². The Balaban J connectivity index is 2.27. The van der Waals surface area contributed by atoms with E-state index in [0.717, 1.165) is 0 Å². The first-order chi connectivity index (χ1) is 11.5. The Hall–Kier alpha value is -2.96. The molecule has 0 amide bonds. The molecule has 0 saturated heterocycles. The molecule has 3 rings (SSSR count). The number of carboxylic acids is 1. The highest BCUT2D eigenvalue weighted by molar-refractivity contribution is 6.00. The van der Waals surface area contributed by atoms with Crippen molar-refractivity contribution in [3.63, 3.8) is 0 Å². The molecule has 2 N–H and O–H groups in total. The maximum Gasteiger partial charge on any atom is 0.337 e. The fourth-order valence-electron chi connectivity index (χ4n) is 3.21. The number of cyclic esters (lactones) is 1. The standard InChI is InChI=1S/C17H14FNO5/c1-8-13(16(21)22)14(15-12(19-8)7-24-17(15)23)10-3-2-4-11(18)9(10)5-6-20/h2-4,6,14,19H,5,7H2,1H3,(H,21,22). The third-order valence-corrected chi connectivity index (χ3v) is 4.20. The molecule has 124 valence electrons. The van der Waals surface area contributed by atoms with Crippen molar-refractivity contribution in [3.8, 4) is 0 Å². The molecule has 0 spiro atoms. The summed E-state index contributed by atoms with van der Waals surface area (Å²) in [5, 5.41) is 12.5. The number of allylic oxidation sites excluding steroid dienone is 1. The molecule has 0 saturated carbocycles. The van der Waals surface area contributed by atoms with Crippen molar-refractivity contribution < 1.29 is 28.6 Å². The monoisotopic (exact) mass is 331 g/mol. The molecule has 1 unspecified atom stereocenters. The van der Waals surface area contributed by atoms with Gasteiger partial charge in [0, 0.05) is 12.1 Å². The topological polar surface area (TPSA) is 92.7 Å². The quantitative estimate of drug-likeness (QED) is 0.640. The number of halogens is 1. The van der Waals surface area contributed by atoms with Crippen LogP contribution < -0.4 is 5.32 Å². The number of hydrogen-bond donors (Lipinski definition) is 2. The summed E-state index contributed by atoms with van der Waals surface area (Å²) < 4.78 is 19.2. The molecule has 7 heteroatoms. The number of ether oxygens (including phenoxy) is 1. The van der Waals surface area contributed by atoms with Crippen LogP contribution in [0.25, 0.3) is 0 Å². The van der Waals surface area contributed by atoms with Gasteiger partial charge in [0.2, 0.25) is 0 Å². The molecule has 0 bridgehead atoms. The minimum Gasteiger partial charge on any atom is -0.478 e. The van der Waals surface area contributed by atoms with E-state index in [1.54, 1.807) is 6.92 Å². The first kappa shape index (κ1) is 15.9. The van der Waals surface area contributed by atoms with Crippen LogP contribution in [0.1, 0.15) is 24.0 Å². The van der Waals surface area contributed by atoms with Gasteiger partial charge < -0.3 is 20.0 Å². The highest BCUT2D eigenvalue weighted by atomic mass is 19.1. The summed E-state index contributed by atoms with van der Waals surface area (Å²) in [5.41, 5.74) is 1.27. The Bertz CT molecular complexity index is 822. The Morgan fingerprint density at radius 3 is 2.92 bits per heavy atom. The van der Waals surface area contributed by atoms with Crippen molar-refractivity contribution in [2.75, 3.05) is 6.61 Å². The predicted octanol–water partition coefficient (Wildman–Crippen LogP) is 1.42. The number of dihydropyridines is 1. The van der Waals surface area contributed by atoms with Crippen LogP contribution in [0.2, 0.25) is 0 Å². The molecule has 0 fully saturated rings. The average Bonchev–Trinajstić information content (AvgIpc) is 2.89. The molecule has 1 aromatic rings. The highest BCUT2D eigenvalue weighted by Crippen LogP contribution is 2.42. The molecule has 0 aromatic heterocycles. The third-order valence-electron chi connectivity index (χ3n) is 4.20. The summed E-state index contributed by atoms with van der Waals surface area (Å²) in [6.45, 7) is 1.58. The average molecular weight is 331 g/mol. The van der Waals surface area contributed by atoms with Crippen LogP contribution in [0.5, 0.6) is 0 Å². The van der Waals surface area contributed by atoms with Crippen molar-refractivity contribution in [2.24, 2.45) is 0 Å². The van der Waals surface area contributed by atoms with Gasteiger partial charge in [-0.15, -0.1) is 0 Å². The summed E-state index contributed by atoms with van der Waals surface area (Å²) in [6.07, 6.45) is 0.331. The van der Waals surface area contributed by atoms with Crippen molar-refractivity contribution in [1.29, 1.82) is 0 Å². The van der Waals surface area contributed by atoms with E-state index in [-0.39, 0.29) is 35.3 Å². The minimum atomic E-state index is -1.22. The summed E-state index contributed by atoms with van der Waals surface area (Å²) in [6, 6.07) is 4.16. The van der Waals surface area contributed by atoms with Gasteiger partial charge in [0.05, 0.1) is 22.8 Å². The van der Waals surface area contributed by atoms with Gasteiger partial charge in [-0.1, -0.05) is 12.1 Å². The molecule has 2 aliphatic rings. The number of carboxylic acid groups (broad SMARTS) is 1. The van der Waals surface area contributed by atoms with E-state index in [2.05, 4.69) is 5.32 Å². The lowest BCUT2D eigenvalue weighted by molar-refractivity contribution is -0.136. The van der Waals surface area contributed by atoms with Crippen LogP contribution in [0, 0.1) is 5.82 Å². The van der Waals surface area contributed by atoms with Crippen LogP contribution in [0.15, 0.2) is 40.7 Å². The Kier molecular flexibility index (Phi) is 3.92. The lowest BCUT2D eigenvalue weighted by Gasteiger charge is -2.27. The van der Waals surface area contributed by atoms with Gasteiger partial charge >= 0.3 is 11.9 Å². The number of nitrogens with one attached hydrogen (secondary N) is 1. The third kappa shape index (κ3) is 2.38. The maximum absolute atomic E-state index is 14.2. The van der Waals surface area contributed by atoms with Crippen LogP contribution >= 0.6 is 0 Å². The summed E-state index contributed by atoms with van der Waals surface area (Å²) in [4.78, 5) is 34.8. The minimum absolute atomic E-state index is 0.00718. The predicted molar refractivity (Wildman–Crippen MR) is 80.4 cm³/mol. The van der Waals surface area contributed by atoms with Crippen LogP contribution in [0.3, 0.4) is 0 Å². The van der Waals surface area contributed by atoms with Gasteiger partial charge in [0.15, 0.2) is 0 Å². The number of aldehydes is 1. The number of carbonyl (C=O) groups excluding carboxylic acids is 2. The Morgan fingerprint density at radius 2 is 2.25 bits per heavy atom. The number of aliphatic carboxylic acids is 1. The van der Waals surface area contributed by atoms with Crippen molar-refractivity contribution in [2.45, 2.75) is 19.3 Å². The largest absolute Gasteiger partial charge is 0.478 e. The van der Waals surface area contributed by atoms with Crippen molar-refractivity contribution >= 4 is 18.2 Å². The van der Waals surface area contributed by atoms with E-state index in [0.29, 0.717) is 17.7 Å². The summed E-state index contributed by atoms with van der Waals surface area (Å²) >= 11 is 0. The number of hydrogen-bond acceptors (Lipinski definition) is 5. The van der Waals surface area contributed by atoms with E-state index in [4.69, 9.17) is 4.74 Å². The number of benzene rings is 1. The van der Waals surface area contributed by atoms with E-state index >= 15 is 0 Å². The van der Waals surface area contributed by atoms with Crippen LogP contribution in [-0.2, 0) is 25.5 Å². The smallest absolute Gasteiger partial charge is 0.337 e. The van der Waals surface area contributed by atoms with Gasteiger partial charge in [-0.05, 0) is 24.1 Å². The van der Waals surface area contributed by atoms with E-state index in [1.165, 1.54) is 18.2 Å². The van der Waals surface area contributed by atoms with Crippen molar-refractivity contribution in [3.05, 3.63) is 57.7 Å². The van der Waals surface area contributed by atoms with Crippen LogP contribution in [0.4, 0.5) is 4.39 Å². The second-order valence-electron chi connectivity index (χ2n) is 5.55. The van der Waals surface area contributed by atoms with E-state index in [9.17, 15) is 23.9 Å². The van der Waals surface area contributed by atoms with Gasteiger partial charge in [-0.3, -0.25) is 0 Å². The summed E-state index contributed by atoms with van der Waals surface area (Å²) in [5.74, 6) is -3.47. The molecule has 1 atom stereocenters. The highest BCUT2D eigenvalue weighted by Gasteiger charge is 2.42. The zero-order chi connectivity index (χ0) is 17.4. The Morgan fingerprint density at radius 1 is 1.50 bits per heavy atom. The number of esters is 1. The molecule has 2 aliphatic heterocycles. The van der Waals surface area contributed by atoms with Gasteiger partial charge in [-0.25, -0.2) is 14.0 Å². The molecular weight excluding hydrogens is 317 g/mol. The first-order valence-corrected chi connectivity index (χ1v) is 7.27. The fourth-order valence-corrected chi connectivity index (χ4v) is 3.21. The number of rotatable bonds is 4. The molecule has 0 radical (unpaired) electrons. The lowest BCUT2D eigenvalue weighted by atomic mass is 9.78. The zero-order valence-electron chi connectivity index (χ0n) is 12.8. The second kappa shape index (κ2) is 5.92. The lowest BCUT2D eigenvalue weighted by Crippen LogP contribution is -2.30. The van der Waals surface area contributed by atoms with E-state index < -0.39 is 23.7 Å². The second-order valence-corrected chi connectivity index (χ2v) is 5.55. The Labute approximate surface area is 136 Å². The van der Waals surface area contributed by atoms with Gasteiger partial charge in [-0.2, -0.15) is 0 Å². The molecule has 1 aromatic carbocycles. The molecule has 24 heavy (non-hydrogen) atoms. The SMILES string of the molecule is CC1=C(C(=O)O)C(c2cccc(F)c2CC=O)C2=C(COC2=O)N1. The normalized spacial score (nSPS) is 19.8. The van der Waals surface area contributed by atoms with Crippen molar-refractivity contribution in [1.82, 2.24) is 5.32 Å². The zero-order valence-corrected chi connectivity index (χ0v) is 12.8. The molecule has 6 nitrogen and oxygen atoms in total.